The third-order valence-corrected chi connectivity index (χ3v) is 6.29. The summed E-state index contributed by atoms with van der Waals surface area (Å²) >= 11 is 0. The highest BCUT2D eigenvalue weighted by molar-refractivity contribution is 5.78. The zero-order valence-corrected chi connectivity index (χ0v) is 21.8. The fourth-order valence-corrected chi connectivity index (χ4v) is 4.06. The SMILES string of the molecule is CCCCN(CCCC)c1ccc(/C=C/c2cc(C)c(/C=C/c3ccc(N)cc3)cc2OC)cc1. The van der Waals surface area contributed by atoms with E-state index in [1.165, 1.54) is 42.5 Å². The van der Waals surface area contributed by atoms with Crippen molar-refractivity contribution < 1.29 is 4.74 Å². The maximum Gasteiger partial charge on any atom is 0.126 e. The van der Waals surface area contributed by atoms with Crippen molar-refractivity contribution in [2.24, 2.45) is 0 Å². The van der Waals surface area contributed by atoms with E-state index >= 15 is 0 Å². The Morgan fingerprint density at radius 1 is 0.743 bits per heavy atom. The fraction of sp³-hybridized carbons (Fsp3) is 0.312. The van der Waals surface area contributed by atoms with Gasteiger partial charge < -0.3 is 15.4 Å². The summed E-state index contributed by atoms with van der Waals surface area (Å²) in [4.78, 5) is 2.52. The predicted octanol–water partition coefficient (Wildman–Crippen LogP) is 8.33. The summed E-state index contributed by atoms with van der Waals surface area (Å²) in [6.45, 7) is 8.90. The summed E-state index contributed by atoms with van der Waals surface area (Å²) in [5, 5.41) is 0. The third-order valence-electron chi connectivity index (χ3n) is 6.29. The summed E-state index contributed by atoms with van der Waals surface area (Å²) in [5.74, 6) is 0.866. The molecule has 0 radical (unpaired) electrons. The van der Waals surface area contributed by atoms with Crippen LogP contribution in [0.15, 0.2) is 60.7 Å². The van der Waals surface area contributed by atoms with Crippen molar-refractivity contribution >= 4 is 35.7 Å². The zero-order valence-electron chi connectivity index (χ0n) is 21.8. The minimum absolute atomic E-state index is 0.774. The molecule has 35 heavy (non-hydrogen) atoms. The van der Waals surface area contributed by atoms with Crippen LogP contribution in [0.5, 0.6) is 5.75 Å². The number of ether oxygens (including phenoxy) is 1. The molecule has 0 aliphatic rings. The van der Waals surface area contributed by atoms with Gasteiger partial charge in [0.15, 0.2) is 0 Å². The van der Waals surface area contributed by atoms with Crippen LogP contribution >= 0.6 is 0 Å². The van der Waals surface area contributed by atoms with E-state index in [1.807, 2.05) is 24.3 Å². The monoisotopic (exact) mass is 468 g/mol. The predicted molar refractivity (Wildman–Crippen MR) is 155 cm³/mol. The van der Waals surface area contributed by atoms with E-state index in [1.54, 1.807) is 7.11 Å². The molecule has 0 atom stereocenters. The molecule has 0 saturated heterocycles. The van der Waals surface area contributed by atoms with E-state index in [9.17, 15) is 0 Å². The molecule has 0 aliphatic heterocycles. The minimum Gasteiger partial charge on any atom is -0.496 e. The van der Waals surface area contributed by atoms with Crippen LogP contribution < -0.4 is 15.4 Å². The van der Waals surface area contributed by atoms with Crippen LogP contribution in [-0.2, 0) is 0 Å². The number of nitrogen functional groups attached to an aromatic ring is 1. The molecule has 3 aromatic rings. The van der Waals surface area contributed by atoms with E-state index in [0.29, 0.717) is 0 Å². The Kier molecular flexibility index (Phi) is 10.0. The van der Waals surface area contributed by atoms with Gasteiger partial charge in [-0.3, -0.25) is 0 Å². The number of nitrogens with two attached hydrogens (primary N) is 1. The van der Waals surface area contributed by atoms with E-state index in [4.69, 9.17) is 10.5 Å². The Morgan fingerprint density at radius 3 is 1.83 bits per heavy atom. The molecule has 0 fully saturated rings. The fourth-order valence-electron chi connectivity index (χ4n) is 4.06. The average molecular weight is 469 g/mol. The molecular formula is C32H40N2O. The molecule has 3 nitrogen and oxygen atoms in total. The van der Waals surface area contributed by atoms with Gasteiger partial charge in [-0.15, -0.1) is 0 Å². The first kappa shape index (κ1) is 26.2. The highest BCUT2D eigenvalue weighted by atomic mass is 16.5. The van der Waals surface area contributed by atoms with Gasteiger partial charge in [0, 0.05) is 30.0 Å². The number of aryl methyl sites for hydroxylation is 1. The summed E-state index contributed by atoms with van der Waals surface area (Å²) in [6, 6.07) is 21.1. The first-order valence-electron chi connectivity index (χ1n) is 12.8. The maximum atomic E-state index is 5.79. The van der Waals surface area contributed by atoms with Crippen LogP contribution in [0.3, 0.4) is 0 Å². The lowest BCUT2D eigenvalue weighted by atomic mass is 10.0. The minimum atomic E-state index is 0.774. The lowest BCUT2D eigenvalue weighted by molar-refractivity contribution is 0.413. The summed E-state index contributed by atoms with van der Waals surface area (Å²) in [6.07, 6.45) is 13.4. The van der Waals surface area contributed by atoms with Crippen molar-refractivity contribution in [3.8, 4) is 5.75 Å². The first-order valence-corrected chi connectivity index (χ1v) is 12.8. The van der Waals surface area contributed by atoms with Gasteiger partial charge in [0.05, 0.1) is 7.11 Å². The Bertz CT molecular complexity index is 1100. The summed E-state index contributed by atoms with van der Waals surface area (Å²) < 4.78 is 5.71. The van der Waals surface area contributed by atoms with Crippen molar-refractivity contribution in [1.29, 1.82) is 0 Å². The number of rotatable bonds is 12. The lowest BCUT2D eigenvalue weighted by Gasteiger charge is -2.24. The Balaban J connectivity index is 1.75. The van der Waals surface area contributed by atoms with Gasteiger partial charge in [-0.2, -0.15) is 0 Å². The van der Waals surface area contributed by atoms with Gasteiger partial charge in [-0.1, -0.05) is 75.3 Å². The molecule has 0 aromatic heterocycles. The van der Waals surface area contributed by atoms with Crippen molar-refractivity contribution in [2.75, 3.05) is 30.8 Å². The topological polar surface area (TPSA) is 38.5 Å². The number of benzene rings is 3. The molecule has 0 spiro atoms. The first-order chi connectivity index (χ1) is 17.0. The van der Waals surface area contributed by atoms with E-state index in [2.05, 4.69) is 86.4 Å². The standard InChI is InChI=1S/C32H40N2O/c1-5-7-21-34(22-8-6-2)31-19-13-27(14-20-31)10-16-29-23-25(3)28(24-32(29)35-4)15-9-26-11-17-30(33)18-12-26/h9-20,23-24H,5-8,21-22,33H2,1-4H3/b15-9+,16-10+. The molecule has 0 bridgehead atoms. The molecule has 184 valence electrons. The molecule has 2 N–H and O–H groups in total. The molecule has 0 amide bonds. The van der Waals surface area contributed by atoms with Gasteiger partial charge in [-0.05, 0) is 78.4 Å². The number of methoxy groups -OCH3 is 1. The van der Waals surface area contributed by atoms with E-state index in [-0.39, 0.29) is 0 Å². The van der Waals surface area contributed by atoms with E-state index < -0.39 is 0 Å². The Hall–Kier alpha value is -3.46. The quantitative estimate of drug-likeness (QED) is 0.214. The lowest BCUT2D eigenvalue weighted by Crippen LogP contribution is -2.25. The second-order valence-electron chi connectivity index (χ2n) is 9.07. The van der Waals surface area contributed by atoms with Crippen molar-refractivity contribution in [2.45, 2.75) is 46.5 Å². The molecule has 3 heteroatoms. The summed E-state index contributed by atoms with van der Waals surface area (Å²) in [7, 11) is 1.73. The molecular weight excluding hydrogens is 428 g/mol. The Labute approximate surface area is 211 Å². The molecule has 3 rings (SSSR count). The number of hydrogen-bond acceptors (Lipinski definition) is 3. The van der Waals surface area contributed by atoms with Crippen LogP contribution in [0.1, 0.15) is 67.3 Å². The van der Waals surface area contributed by atoms with Gasteiger partial charge in [0.25, 0.3) is 0 Å². The normalized spacial score (nSPS) is 11.4. The molecule has 0 saturated carbocycles. The number of hydrogen-bond donors (Lipinski definition) is 1. The second kappa shape index (κ2) is 13.4. The highest BCUT2D eigenvalue weighted by Gasteiger charge is 2.07. The molecule has 0 unspecified atom stereocenters. The summed E-state index contributed by atoms with van der Waals surface area (Å²) in [5.41, 5.74) is 13.6. The average Bonchev–Trinajstić information content (AvgIpc) is 2.88. The molecule has 0 heterocycles. The smallest absolute Gasteiger partial charge is 0.126 e. The van der Waals surface area contributed by atoms with Gasteiger partial charge in [-0.25, -0.2) is 0 Å². The van der Waals surface area contributed by atoms with Crippen LogP contribution in [-0.4, -0.2) is 20.2 Å². The number of unbranched alkanes of at least 4 members (excludes halogenated alkanes) is 2. The van der Waals surface area contributed by atoms with Crippen LogP contribution in [0.2, 0.25) is 0 Å². The van der Waals surface area contributed by atoms with Crippen molar-refractivity contribution in [3.05, 3.63) is 88.5 Å². The van der Waals surface area contributed by atoms with Crippen LogP contribution in [0.25, 0.3) is 24.3 Å². The van der Waals surface area contributed by atoms with Crippen molar-refractivity contribution in [3.63, 3.8) is 0 Å². The number of nitrogens with zero attached hydrogens (tertiary/aromatic N) is 1. The maximum absolute atomic E-state index is 5.79. The zero-order chi connectivity index (χ0) is 25.0. The van der Waals surface area contributed by atoms with Crippen molar-refractivity contribution in [1.82, 2.24) is 0 Å². The van der Waals surface area contributed by atoms with Crippen LogP contribution in [0, 0.1) is 6.92 Å². The van der Waals surface area contributed by atoms with E-state index in [0.717, 1.165) is 41.2 Å². The number of anilines is 2. The van der Waals surface area contributed by atoms with Crippen LogP contribution in [0.4, 0.5) is 11.4 Å². The third kappa shape index (κ3) is 7.78. The van der Waals surface area contributed by atoms with Gasteiger partial charge in [0.1, 0.15) is 5.75 Å². The second-order valence-corrected chi connectivity index (χ2v) is 9.07. The molecule has 3 aromatic carbocycles. The van der Waals surface area contributed by atoms with Gasteiger partial charge in [0.2, 0.25) is 0 Å². The largest absolute Gasteiger partial charge is 0.496 e. The Morgan fingerprint density at radius 2 is 1.29 bits per heavy atom. The molecule has 0 aliphatic carbocycles. The van der Waals surface area contributed by atoms with Gasteiger partial charge >= 0.3 is 0 Å². The highest BCUT2D eigenvalue weighted by Crippen LogP contribution is 2.27.